The van der Waals surface area contributed by atoms with Gasteiger partial charge in [-0.15, -0.1) is 0 Å². The van der Waals surface area contributed by atoms with Gasteiger partial charge in [0.1, 0.15) is 11.5 Å². The Labute approximate surface area is 272 Å². The Balaban J connectivity index is 2.05. The van der Waals surface area contributed by atoms with Crippen LogP contribution >= 0.6 is 0 Å². The second kappa shape index (κ2) is 31.9. The van der Waals surface area contributed by atoms with Crippen LogP contribution in [0.2, 0.25) is 0 Å². The zero-order valence-corrected chi connectivity index (χ0v) is 28.6. The van der Waals surface area contributed by atoms with E-state index < -0.39 is 0 Å². The first-order valence-electron chi connectivity index (χ1n) is 18.3. The van der Waals surface area contributed by atoms with E-state index in [1.54, 1.807) is 0 Å². The average Bonchev–Trinajstić information content (AvgIpc) is 3.04. The van der Waals surface area contributed by atoms with Crippen molar-refractivity contribution in [3.63, 3.8) is 0 Å². The van der Waals surface area contributed by atoms with Gasteiger partial charge in [-0.3, -0.25) is 4.79 Å². The van der Waals surface area contributed by atoms with Gasteiger partial charge in [0.15, 0.2) is 6.29 Å². The van der Waals surface area contributed by atoms with Gasteiger partial charge in [0.05, 0.1) is 18.8 Å². The first kappa shape index (κ1) is 39.5. The summed E-state index contributed by atoms with van der Waals surface area (Å²) in [7, 11) is 0. The van der Waals surface area contributed by atoms with E-state index in [1.807, 2.05) is 18.2 Å². The lowest BCUT2D eigenvalue weighted by Gasteiger charge is -2.12. The number of ether oxygens (including phenoxy) is 2. The highest BCUT2D eigenvalue weighted by atomic mass is 16.5. The van der Waals surface area contributed by atoms with Crippen molar-refractivity contribution in [3.8, 4) is 11.5 Å². The monoisotopic (exact) mass is 607 g/mol. The van der Waals surface area contributed by atoms with Crippen LogP contribution in [-0.2, 0) is 0 Å². The number of aldehydes is 1. The number of hydrogen-bond donors (Lipinski definition) is 0. The van der Waals surface area contributed by atoms with Crippen LogP contribution in [0.1, 0.15) is 165 Å². The van der Waals surface area contributed by atoms with Crippen molar-refractivity contribution < 1.29 is 14.3 Å². The predicted molar refractivity (Wildman–Crippen MR) is 192 cm³/mol. The quantitative estimate of drug-likeness (QED) is 0.0479. The van der Waals surface area contributed by atoms with E-state index in [0.717, 1.165) is 44.1 Å². The lowest BCUT2D eigenvalue weighted by Crippen LogP contribution is -2.02. The normalized spacial score (nSPS) is 12.0. The second-order valence-electron chi connectivity index (χ2n) is 12.0. The topological polar surface area (TPSA) is 35.5 Å². The zero-order chi connectivity index (χ0) is 31.6. The van der Waals surface area contributed by atoms with Gasteiger partial charge in [0.25, 0.3) is 0 Å². The van der Waals surface area contributed by atoms with Gasteiger partial charge >= 0.3 is 0 Å². The Kier molecular flexibility index (Phi) is 28.6. The maximum atomic E-state index is 11.5. The number of benzene rings is 1. The molecule has 0 heterocycles. The molecule has 0 N–H and O–H groups in total. The summed E-state index contributed by atoms with van der Waals surface area (Å²) in [6.07, 6.45) is 46.1. The molecule has 1 rings (SSSR count). The molecule has 0 aliphatic heterocycles. The van der Waals surface area contributed by atoms with Gasteiger partial charge in [-0.25, -0.2) is 0 Å². The summed E-state index contributed by atoms with van der Waals surface area (Å²) in [5, 5.41) is 0. The highest BCUT2D eigenvalue weighted by Crippen LogP contribution is 2.24. The third kappa shape index (κ3) is 24.8. The van der Waals surface area contributed by atoms with Crippen molar-refractivity contribution in [1.29, 1.82) is 0 Å². The average molecular weight is 607 g/mol. The fourth-order valence-electron chi connectivity index (χ4n) is 5.01. The van der Waals surface area contributed by atoms with E-state index in [9.17, 15) is 4.79 Å². The number of unbranched alkanes of at least 4 members (excludes halogenated alkanes) is 16. The lowest BCUT2D eigenvalue weighted by atomic mass is 10.1. The lowest BCUT2D eigenvalue weighted by molar-refractivity contribution is 0.111. The fraction of sp³-hybridized carbons (Fsp3) is 0.634. The minimum atomic E-state index is 0.595. The third-order valence-electron chi connectivity index (χ3n) is 7.83. The molecule has 0 saturated carbocycles. The molecule has 0 atom stereocenters. The highest BCUT2D eigenvalue weighted by molar-refractivity contribution is 5.79. The SMILES string of the molecule is CCCC/C=C\C/C=C\CCCCCCCOc1cc(OCCCCCCCC/C=C\C/C=C\CCCCC)ccc1C=O. The van der Waals surface area contributed by atoms with E-state index in [-0.39, 0.29) is 0 Å². The molecule has 1 aromatic carbocycles. The molecule has 0 bridgehead atoms. The molecule has 0 fully saturated rings. The minimum absolute atomic E-state index is 0.595. The fourth-order valence-corrected chi connectivity index (χ4v) is 5.01. The van der Waals surface area contributed by atoms with Gasteiger partial charge in [0, 0.05) is 6.07 Å². The van der Waals surface area contributed by atoms with Crippen LogP contribution < -0.4 is 9.47 Å². The Hall–Kier alpha value is -2.55. The summed E-state index contributed by atoms with van der Waals surface area (Å²) in [5.41, 5.74) is 0.595. The van der Waals surface area contributed by atoms with Crippen molar-refractivity contribution in [2.45, 2.75) is 155 Å². The number of hydrogen-bond acceptors (Lipinski definition) is 3. The molecule has 3 nitrogen and oxygen atoms in total. The number of carbonyl (C=O) groups excluding carboxylic acids is 1. The molecule has 0 spiro atoms. The van der Waals surface area contributed by atoms with Crippen molar-refractivity contribution in [3.05, 3.63) is 72.4 Å². The summed E-state index contributed by atoms with van der Waals surface area (Å²) in [6.45, 7) is 5.84. The van der Waals surface area contributed by atoms with Crippen LogP contribution in [0.3, 0.4) is 0 Å². The van der Waals surface area contributed by atoms with Crippen molar-refractivity contribution in [2.24, 2.45) is 0 Å². The molecule has 0 aromatic heterocycles. The van der Waals surface area contributed by atoms with Crippen LogP contribution in [0.4, 0.5) is 0 Å². The van der Waals surface area contributed by atoms with Crippen LogP contribution in [0, 0.1) is 0 Å². The van der Waals surface area contributed by atoms with Gasteiger partial charge in [-0.05, 0) is 82.8 Å². The summed E-state index contributed by atoms with van der Waals surface area (Å²) < 4.78 is 11.9. The molecule has 248 valence electrons. The van der Waals surface area contributed by atoms with Crippen molar-refractivity contribution >= 4 is 6.29 Å². The molecular formula is C41H66O3. The Morgan fingerprint density at radius 2 is 0.955 bits per heavy atom. The smallest absolute Gasteiger partial charge is 0.153 e. The second-order valence-corrected chi connectivity index (χ2v) is 12.0. The van der Waals surface area contributed by atoms with Crippen molar-refractivity contribution in [2.75, 3.05) is 13.2 Å². The molecule has 0 aliphatic carbocycles. The third-order valence-corrected chi connectivity index (χ3v) is 7.83. The Morgan fingerprint density at radius 3 is 1.48 bits per heavy atom. The summed E-state index contributed by atoms with van der Waals surface area (Å²) >= 11 is 0. The molecule has 0 aliphatic rings. The van der Waals surface area contributed by atoms with Gasteiger partial charge < -0.3 is 9.47 Å². The molecule has 0 amide bonds. The van der Waals surface area contributed by atoms with Crippen LogP contribution in [0.25, 0.3) is 0 Å². The van der Waals surface area contributed by atoms with Crippen molar-refractivity contribution in [1.82, 2.24) is 0 Å². The predicted octanol–water partition coefficient (Wildman–Crippen LogP) is 13.1. The van der Waals surface area contributed by atoms with E-state index in [2.05, 4.69) is 62.5 Å². The van der Waals surface area contributed by atoms with E-state index in [4.69, 9.17) is 9.47 Å². The number of rotatable bonds is 31. The van der Waals surface area contributed by atoms with E-state index >= 15 is 0 Å². The summed E-state index contributed by atoms with van der Waals surface area (Å²) in [5.74, 6) is 1.43. The van der Waals surface area contributed by atoms with Crippen LogP contribution in [-0.4, -0.2) is 19.5 Å². The Morgan fingerprint density at radius 1 is 0.500 bits per heavy atom. The molecule has 0 radical (unpaired) electrons. The highest BCUT2D eigenvalue weighted by Gasteiger charge is 2.06. The van der Waals surface area contributed by atoms with Gasteiger partial charge in [-0.1, -0.05) is 133 Å². The Bertz CT molecular complexity index is 895. The van der Waals surface area contributed by atoms with Gasteiger partial charge in [0.2, 0.25) is 0 Å². The van der Waals surface area contributed by atoms with Crippen LogP contribution in [0.15, 0.2) is 66.8 Å². The number of allylic oxidation sites excluding steroid dienone is 8. The molecular weight excluding hydrogens is 540 g/mol. The maximum absolute atomic E-state index is 11.5. The molecule has 44 heavy (non-hydrogen) atoms. The summed E-state index contributed by atoms with van der Waals surface area (Å²) in [4.78, 5) is 11.5. The minimum Gasteiger partial charge on any atom is -0.493 e. The van der Waals surface area contributed by atoms with E-state index in [1.165, 1.54) is 109 Å². The standard InChI is InChI=1S/C41H66O3/c1-3-5-7-9-11-13-15-17-19-20-22-23-25-27-29-31-35-43-40-34-33-39(38-42)41(37-40)44-36-32-30-28-26-24-21-18-16-14-12-10-8-6-4-2/h10-13,16-19,33-34,37-38H,3-9,14-15,20-32,35-36H2,1-2H3/b12-10-,13-11-,18-16-,19-17-. The summed E-state index contributed by atoms with van der Waals surface area (Å²) in [6, 6.07) is 5.57. The molecule has 0 saturated heterocycles. The van der Waals surface area contributed by atoms with E-state index in [0.29, 0.717) is 24.5 Å². The maximum Gasteiger partial charge on any atom is 0.153 e. The first-order chi connectivity index (χ1) is 21.8. The molecule has 1 aromatic rings. The largest absolute Gasteiger partial charge is 0.493 e. The van der Waals surface area contributed by atoms with Gasteiger partial charge in [-0.2, -0.15) is 0 Å². The molecule has 3 heteroatoms. The molecule has 0 unspecified atom stereocenters. The number of carbonyl (C=O) groups is 1. The zero-order valence-electron chi connectivity index (χ0n) is 28.6. The van der Waals surface area contributed by atoms with Crippen LogP contribution in [0.5, 0.6) is 11.5 Å². The first-order valence-corrected chi connectivity index (χ1v) is 18.3.